The molecule has 0 heterocycles. The van der Waals surface area contributed by atoms with Gasteiger partial charge in [0.25, 0.3) is 5.91 Å². The zero-order valence-electron chi connectivity index (χ0n) is 9.84. The summed E-state index contributed by atoms with van der Waals surface area (Å²) in [6.45, 7) is 1.74. The Bertz CT molecular complexity index is 440. The third-order valence-electron chi connectivity index (χ3n) is 2.43. The van der Waals surface area contributed by atoms with Crippen LogP contribution >= 0.6 is 11.6 Å². The van der Waals surface area contributed by atoms with Crippen molar-refractivity contribution >= 4 is 17.5 Å². The van der Waals surface area contributed by atoms with Crippen molar-refractivity contribution in [2.24, 2.45) is 0 Å². The van der Waals surface area contributed by atoms with Crippen molar-refractivity contribution in [3.8, 4) is 0 Å². The molecule has 1 atom stereocenters. The summed E-state index contributed by atoms with van der Waals surface area (Å²) in [4.78, 5) is 11.7. The maximum atomic E-state index is 13.4. The first-order valence-corrected chi connectivity index (χ1v) is 5.89. The van der Waals surface area contributed by atoms with Crippen molar-refractivity contribution in [3.05, 3.63) is 34.4 Å². The minimum Gasteiger partial charge on any atom is -0.396 e. The van der Waals surface area contributed by atoms with E-state index in [1.165, 1.54) is 0 Å². The predicted molar refractivity (Wildman–Crippen MR) is 64.6 cm³/mol. The van der Waals surface area contributed by atoms with Gasteiger partial charge in [0.15, 0.2) is 0 Å². The first-order chi connectivity index (χ1) is 8.45. The molecule has 0 aliphatic carbocycles. The lowest BCUT2D eigenvalue weighted by molar-refractivity contribution is 0.0932. The van der Waals surface area contributed by atoms with Crippen LogP contribution in [0.3, 0.4) is 0 Å². The van der Waals surface area contributed by atoms with Gasteiger partial charge in [-0.3, -0.25) is 4.79 Å². The molecular weight excluding hydrogens is 264 g/mol. The third-order valence-corrected chi connectivity index (χ3v) is 2.72. The molecule has 1 aromatic rings. The van der Waals surface area contributed by atoms with Crippen molar-refractivity contribution in [2.45, 2.75) is 25.8 Å². The molecule has 0 spiro atoms. The summed E-state index contributed by atoms with van der Waals surface area (Å²) in [5.74, 6) is -2.41. The molecule has 1 unspecified atom stereocenters. The van der Waals surface area contributed by atoms with Gasteiger partial charge >= 0.3 is 0 Å². The minimum atomic E-state index is -0.867. The number of aliphatic hydroxyl groups is 1. The summed E-state index contributed by atoms with van der Waals surface area (Å²) in [5.41, 5.74) is -0.382. The molecule has 3 nitrogen and oxygen atoms in total. The molecule has 6 heteroatoms. The maximum absolute atomic E-state index is 13.4. The Hall–Kier alpha value is -1.20. The molecule has 0 saturated heterocycles. The number of hydrogen-bond acceptors (Lipinski definition) is 2. The SMILES string of the molecule is CC(CCCO)NC(=O)c1cc(F)c(Cl)cc1F. The summed E-state index contributed by atoms with van der Waals surface area (Å²) in [7, 11) is 0. The van der Waals surface area contributed by atoms with Crippen molar-refractivity contribution in [1.29, 1.82) is 0 Å². The zero-order valence-corrected chi connectivity index (χ0v) is 10.6. The standard InChI is InChI=1S/C12H14ClF2NO2/c1-7(3-2-4-17)16-12(18)8-5-11(15)9(13)6-10(8)14/h5-7,17H,2-4H2,1H3,(H,16,18). The number of nitrogens with one attached hydrogen (secondary N) is 1. The molecule has 2 N–H and O–H groups in total. The minimum absolute atomic E-state index is 0.0180. The summed E-state index contributed by atoms with van der Waals surface area (Å²) in [6.07, 6.45) is 1.08. The van der Waals surface area contributed by atoms with Crippen LogP contribution in [-0.4, -0.2) is 23.7 Å². The molecular formula is C12H14ClF2NO2. The molecule has 1 rings (SSSR count). The Morgan fingerprint density at radius 2 is 2.11 bits per heavy atom. The van der Waals surface area contributed by atoms with Gasteiger partial charge in [0.1, 0.15) is 11.6 Å². The van der Waals surface area contributed by atoms with Crippen LogP contribution in [0.1, 0.15) is 30.1 Å². The zero-order chi connectivity index (χ0) is 13.7. The average molecular weight is 278 g/mol. The van der Waals surface area contributed by atoms with Gasteiger partial charge in [0.2, 0.25) is 0 Å². The summed E-state index contributed by atoms with van der Waals surface area (Å²) < 4.78 is 26.6. The second kappa shape index (κ2) is 6.66. The van der Waals surface area contributed by atoms with Crippen molar-refractivity contribution in [3.63, 3.8) is 0 Å². The van der Waals surface area contributed by atoms with E-state index < -0.39 is 17.5 Å². The van der Waals surface area contributed by atoms with Gasteiger partial charge in [-0.25, -0.2) is 8.78 Å². The largest absolute Gasteiger partial charge is 0.396 e. The summed E-state index contributed by atoms with van der Waals surface area (Å²) >= 11 is 5.39. The summed E-state index contributed by atoms with van der Waals surface area (Å²) in [6, 6.07) is 1.30. The van der Waals surface area contributed by atoms with E-state index in [4.69, 9.17) is 16.7 Å². The Kier molecular flexibility index (Phi) is 5.50. The normalized spacial score (nSPS) is 12.3. The van der Waals surface area contributed by atoms with Crippen LogP contribution in [0.2, 0.25) is 5.02 Å². The van der Waals surface area contributed by atoms with Gasteiger partial charge < -0.3 is 10.4 Å². The van der Waals surface area contributed by atoms with Crippen molar-refractivity contribution in [1.82, 2.24) is 5.32 Å². The number of carbonyl (C=O) groups excluding carboxylic acids is 1. The van der Waals surface area contributed by atoms with Crippen LogP contribution in [0.15, 0.2) is 12.1 Å². The van der Waals surface area contributed by atoms with E-state index in [-0.39, 0.29) is 23.2 Å². The van der Waals surface area contributed by atoms with Crippen LogP contribution in [-0.2, 0) is 0 Å². The topological polar surface area (TPSA) is 49.3 Å². The van der Waals surface area contributed by atoms with Crippen LogP contribution in [0, 0.1) is 11.6 Å². The highest BCUT2D eigenvalue weighted by atomic mass is 35.5. The summed E-state index contributed by atoms with van der Waals surface area (Å²) in [5, 5.41) is 10.8. The van der Waals surface area contributed by atoms with E-state index in [1.54, 1.807) is 6.92 Å². The van der Waals surface area contributed by atoms with Gasteiger partial charge in [0, 0.05) is 12.6 Å². The Morgan fingerprint density at radius 3 is 2.72 bits per heavy atom. The molecule has 0 radical (unpaired) electrons. The first-order valence-electron chi connectivity index (χ1n) is 5.52. The van der Waals surface area contributed by atoms with Gasteiger partial charge in [0.05, 0.1) is 10.6 Å². The van der Waals surface area contributed by atoms with Crippen molar-refractivity contribution < 1.29 is 18.7 Å². The Morgan fingerprint density at radius 1 is 1.44 bits per heavy atom. The lowest BCUT2D eigenvalue weighted by atomic mass is 10.1. The fourth-order valence-electron chi connectivity index (χ4n) is 1.47. The lowest BCUT2D eigenvalue weighted by Crippen LogP contribution is -2.33. The maximum Gasteiger partial charge on any atom is 0.254 e. The molecule has 0 bridgehead atoms. The van der Waals surface area contributed by atoms with Gasteiger partial charge in [-0.15, -0.1) is 0 Å². The number of halogens is 3. The van der Waals surface area contributed by atoms with Crippen LogP contribution in [0.25, 0.3) is 0 Å². The molecule has 18 heavy (non-hydrogen) atoms. The van der Waals surface area contributed by atoms with E-state index in [0.29, 0.717) is 12.8 Å². The predicted octanol–water partition coefficient (Wildman–Crippen LogP) is 2.51. The van der Waals surface area contributed by atoms with Crippen LogP contribution < -0.4 is 5.32 Å². The molecule has 0 aliphatic heterocycles. The quantitative estimate of drug-likeness (QED) is 0.813. The average Bonchev–Trinajstić information content (AvgIpc) is 2.31. The number of rotatable bonds is 5. The van der Waals surface area contributed by atoms with Gasteiger partial charge in [-0.2, -0.15) is 0 Å². The number of hydrogen-bond donors (Lipinski definition) is 2. The van der Waals surface area contributed by atoms with E-state index >= 15 is 0 Å². The molecule has 1 aromatic carbocycles. The lowest BCUT2D eigenvalue weighted by Gasteiger charge is -2.13. The van der Waals surface area contributed by atoms with Crippen LogP contribution in [0.5, 0.6) is 0 Å². The third kappa shape index (κ3) is 3.92. The number of amides is 1. The number of carbonyl (C=O) groups is 1. The first kappa shape index (κ1) is 14.9. The number of aliphatic hydroxyl groups excluding tert-OH is 1. The molecule has 0 aliphatic rings. The highest BCUT2D eigenvalue weighted by molar-refractivity contribution is 6.30. The molecule has 0 aromatic heterocycles. The molecule has 1 amide bonds. The van der Waals surface area contributed by atoms with E-state index in [2.05, 4.69) is 5.32 Å². The van der Waals surface area contributed by atoms with Crippen molar-refractivity contribution in [2.75, 3.05) is 6.61 Å². The smallest absolute Gasteiger partial charge is 0.254 e. The Labute approximate surface area is 109 Å². The molecule has 100 valence electrons. The molecule has 0 saturated carbocycles. The van der Waals surface area contributed by atoms with E-state index in [9.17, 15) is 13.6 Å². The van der Waals surface area contributed by atoms with Gasteiger partial charge in [-0.05, 0) is 31.9 Å². The fraction of sp³-hybridized carbons (Fsp3) is 0.417. The second-order valence-electron chi connectivity index (χ2n) is 3.99. The van der Waals surface area contributed by atoms with Crippen LogP contribution in [0.4, 0.5) is 8.78 Å². The highest BCUT2D eigenvalue weighted by Crippen LogP contribution is 2.19. The highest BCUT2D eigenvalue weighted by Gasteiger charge is 2.16. The molecule has 0 fully saturated rings. The van der Waals surface area contributed by atoms with Gasteiger partial charge in [-0.1, -0.05) is 11.6 Å². The Balaban J connectivity index is 2.75. The van der Waals surface area contributed by atoms with E-state index in [0.717, 1.165) is 12.1 Å². The van der Waals surface area contributed by atoms with E-state index in [1.807, 2.05) is 0 Å². The number of benzene rings is 1. The second-order valence-corrected chi connectivity index (χ2v) is 4.39. The fourth-order valence-corrected chi connectivity index (χ4v) is 1.62. The monoisotopic (exact) mass is 277 g/mol.